The largest absolute Gasteiger partial charge is 0.466 e. The van der Waals surface area contributed by atoms with Crippen molar-refractivity contribution in [2.75, 3.05) is 145 Å². The van der Waals surface area contributed by atoms with Gasteiger partial charge in [0.1, 0.15) is 0 Å². The predicted octanol–water partition coefficient (Wildman–Crippen LogP) is 1.53. The number of carbonyl (C=O) groups excluding carboxylic acids is 1. The van der Waals surface area contributed by atoms with Gasteiger partial charge in [0.15, 0.2) is 0 Å². The second-order valence-corrected chi connectivity index (χ2v) is 8.60. The van der Waals surface area contributed by atoms with Gasteiger partial charge in [-0.3, -0.25) is 4.79 Å². The molecule has 13 heteroatoms. The van der Waals surface area contributed by atoms with Crippen LogP contribution in [0.25, 0.3) is 0 Å². The molecule has 0 saturated heterocycles. The van der Waals surface area contributed by atoms with Crippen molar-refractivity contribution in [2.24, 2.45) is 0 Å². The molecule has 0 aliphatic carbocycles. The molecule has 0 saturated carbocycles. The summed E-state index contributed by atoms with van der Waals surface area (Å²) in [6, 6.07) is 0. The van der Waals surface area contributed by atoms with Crippen LogP contribution >= 0.6 is 0 Å². The summed E-state index contributed by atoms with van der Waals surface area (Å²) in [6.07, 6.45) is 0.488. The zero-order valence-corrected chi connectivity index (χ0v) is 25.6. The third-order valence-electron chi connectivity index (χ3n) is 4.78. The van der Waals surface area contributed by atoms with Crippen LogP contribution in [0.5, 0.6) is 0 Å². The molecule has 0 aliphatic heterocycles. The highest BCUT2D eigenvalue weighted by atomic mass is 16.6. The molecule has 0 atom stereocenters. The SMILES string of the molecule is CCOC(=O)CCOCCOCCOCCOCCOCCOCCOCCOCCOCCOCCOC(C)C. The maximum absolute atomic E-state index is 11.1. The van der Waals surface area contributed by atoms with Gasteiger partial charge in [-0.1, -0.05) is 0 Å². The van der Waals surface area contributed by atoms with Crippen molar-refractivity contribution in [3.8, 4) is 0 Å². The molecule has 41 heavy (non-hydrogen) atoms. The Hall–Kier alpha value is -0.970. The third kappa shape index (κ3) is 37.0. The lowest BCUT2D eigenvalue weighted by Crippen LogP contribution is -2.15. The van der Waals surface area contributed by atoms with E-state index in [1.54, 1.807) is 6.92 Å². The van der Waals surface area contributed by atoms with Crippen molar-refractivity contribution < 1.29 is 61.6 Å². The maximum atomic E-state index is 11.1. The molecule has 246 valence electrons. The van der Waals surface area contributed by atoms with Crippen molar-refractivity contribution in [1.29, 1.82) is 0 Å². The van der Waals surface area contributed by atoms with E-state index in [9.17, 15) is 4.79 Å². The van der Waals surface area contributed by atoms with E-state index in [-0.39, 0.29) is 18.5 Å². The van der Waals surface area contributed by atoms with Gasteiger partial charge in [0.25, 0.3) is 0 Å². The summed E-state index contributed by atoms with van der Waals surface area (Å²) in [5.41, 5.74) is 0. The van der Waals surface area contributed by atoms with Gasteiger partial charge in [0, 0.05) is 0 Å². The number of esters is 1. The zero-order valence-electron chi connectivity index (χ0n) is 25.6. The summed E-state index contributed by atoms with van der Waals surface area (Å²) in [5, 5.41) is 0. The van der Waals surface area contributed by atoms with Crippen molar-refractivity contribution in [1.82, 2.24) is 0 Å². The molecule has 0 heterocycles. The maximum Gasteiger partial charge on any atom is 0.308 e. The van der Waals surface area contributed by atoms with Crippen LogP contribution in [0.2, 0.25) is 0 Å². The van der Waals surface area contributed by atoms with Gasteiger partial charge in [-0.15, -0.1) is 0 Å². The molecule has 0 N–H and O–H groups in total. The van der Waals surface area contributed by atoms with Gasteiger partial charge in [0.05, 0.1) is 158 Å². The van der Waals surface area contributed by atoms with Gasteiger partial charge < -0.3 is 56.8 Å². The minimum Gasteiger partial charge on any atom is -0.466 e. The summed E-state index contributed by atoms with van der Waals surface area (Å²) in [4.78, 5) is 11.1. The van der Waals surface area contributed by atoms with Crippen LogP contribution in [0.15, 0.2) is 0 Å². The van der Waals surface area contributed by atoms with Crippen LogP contribution in [0.4, 0.5) is 0 Å². The van der Waals surface area contributed by atoms with E-state index < -0.39 is 0 Å². The summed E-state index contributed by atoms with van der Waals surface area (Å²) in [7, 11) is 0. The van der Waals surface area contributed by atoms with E-state index >= 15 is 0 Å². The summed E-state index contributed by atoms with van der Waals surface area (Å²) in [5.74, 6) is -0.250. The van der Waals surface area contributed by atoms with E-state index in [4.69, 9.17) is 56.8 Å². The first-order valence-corrected chi connectivity index (χ1v) is 14.7. The first-order chi connectivity index (χ1) is 20.2. The topological polar surface area (TPSA) is 128 Å². The average Bonchev–Trinajstić information content (AvgIpc) is 2.95. The molecule has 0 amide bonds. The molecule has 0 aromatic heterocycles. The Labute approximate surface area is 246 Å². The molecule has 0 fully saturated rings. The highest BCUT2D eigenvalue weighted by Crippen LogP contribution is 1.90. The van der Waals surface area contributed by atoms with Crippen LogP contribution in [0.3, 0.4) is 0 Å². The Morgan fingerprint density at radius 2 is 0.659 bits per heavy atom. The van der Waals surface area contributed by atoms with Gasteiger partial charge in [-0.25, -0.2) is 0 Å². The Morgan fingerprint density at radius 1 is 0.415 bits per heavy atom. The van der Waals surface area contributed by atoms with E-state index in [1.807, 2.05) is 13.8 Å². The molecular formula is C28H56O13. The molecule has 0 spiro atoms. The van der Waals surface area contributed by atoms with Crippen LogP contribution in [-0.4, -0.2) is 157 Å². The smallest absolute Gasteiger partial charge is 0.308 e. The fourth-order valence-electron chi connectivity index (χ4n) is 2.81. The second kappa shape index (κ2) is 35.2. The number of ether oxygens (including phenoxy) is 12. The second-order valence-electron chi connectivity index (χ2n) is 8.60. The third-order valence-corrected chi connectivity index (χ3v) is 4.78. The van der Waals surface area contributed by atoms with E-state index in [0.29, 0.717) is 145 Å². The van der Waals surface area contributed by atoms with Gasteiger partial charge in [-0.2, -0.15) is 0 Å². The molecule has 0 unspecified atom stereocenters. The first kappa shape index (κ1) is 40.0. The number of rotatable bonds is 35. The molecule has 0 aliphatic rings. The molecule has 0 bridgehead atoms. The summed E-state index contributed by atoms with van der Waals surface area (Å²) in [6.45, 7) is 16.7. The van der Waals surface area contributed by atoms with Gasteiger partial charge >= 0.3 is 5.97 Å². The van der Waals surface area contributed by atoms with Crippen molar-refractivity contribution in [2.45, 2.75) is 33.3 Å². The monoisotopic (exact) mass is 600 g/mol. The fraction of sp³-hybridized carbons (Fsp3) is 0.964. The molecule has 0 rings (SSSR count). The highest BCUT2D eigenvalue weighted by molar-refractivity contribution is 5.69. The predicted molar refractivity (Wildman–Crippen MR) is 151 cm³/mol. The Balaban J connectivity index is 3.05. The number of hydrogen-bond acceptors (Lipinski definition) is 13. The zero-order chi connectivity index (χ0) is 29.9. The van der Waals surface area contributed by atoms with E-state index in [1.165, 1.54) is 0 Å². The van der Waals surface area contributed by atoms with E-state index in [0.717, 1.165) is 0 Å². The number of hydrogen-bond donors (Lipinski definition) is 0. The van der Waals surface area contributed by atoms with Crippen molar-refractivity contribution >= 4 is 5.97 Å². The fourth-order valence-corrected chi connectivity index (χ4v) is 2.81. The quantitative estimate of drug-likeness (QED) is 0.0771. The molecule has 0 aromatic rings. The molecular weight excluding hydrogens is 544 g/mol. The normalized spacial score (nSPS) is 11.5. The lowest BCUT2D eigenvalue weighted by molar-refractivity contribution is -0.144. The summed E-state index contributed by atoms with van der Waals surface area (Å²) < 4.78 is 64.4. The van der Waals surface area contributed by atoms with Crippen LogP contribution in [0.1, 0.15) is 27.2 Å². The first-order valence-electron chi connectivity index (χ1n) is 14.7. The lowest BCUT2D eigenvalue weighted by Gasteiger charge is -2.09. The van der Waals surface area contributed by atoms with Crippen LogP contribution < -0.4 is 0 Å². The Morgan fingerprint density at radius 3 is 0.902 bits per heavy atom. The Bertz CT molecular complexity index is 511. The molecule has 0 aromatic carbocycles. The molecule has 0 radical (unpaired) electrons. The summed E-state index contributed by atoms with van der Waals surface area (Å²) >= 11 is 0. The van der Waals surface area contributed by atoms with Crippen molar-refractivity contribution in [3.63, 3.8) is 0 Å². The number of carbonyl (C=O) groups is 1. The molecule has 13 nitrogen and oxygen atoms in total. The Kier molecular flexibility index (Phi) is 34.4. The van der Waals surface area contributed by atoms with Crippen molar-refractivity contribution in [3.05, 3.63) is 0 Å². The van der Waals surface area contributed by atoms with Crippen LogP contribution in [0, 0.1) is 0 Å². The standard InChI is InChI=1S/C28H56O13/c1-4-40-28(29)5-6-30-7-8-31-9-10-32-11-12-33-13-14-34-15-16-35-17-18-36-19-20-37-21-22-38-23-24-39-25-26-41-27(2)3/h27H,4-26H2,1-3H3. The van der Waals surface area contributed by atoms with Gasteiger partial charge in [0.2, 0.25) is 0 Å². The van der Waals surface area contributed by atoms with Crippen LogP contribution in [-0.2, 0) is 61.6 Å². The lowest BCUT2D eigenvalue weighted by atomic mass is 10.5. The minimum absolute atomic E-state index is 0.229. The van der Waals surface area contributed by atoms with E-state index in [2.05, 4.69) is 0 Å². The average molecular weight is 601 g/mol. The highest BCUT2D eigenvalue weighted by Gasteiger charge is 2.01. The minimum atomic E-state index is -0.250. The van der Waals surface area contributed by atoms with Gasteiger partial charge in [-0.05, 0) is 20.8 Å².